The zero-order valence-corrected chi connectivity index (χ0v) is 21.4. The fourth-order valence-electron chi connectivity index (χ4n) is 3.83. The van der Waals surface area contributed by atoms with Gasteiger partial charge in [0, 0.05) is 13.1 Å². The Balaban J connectivity index is 1.55. The van der Waals surface area contributed by atoms with Crippen LogP contribution in [0.3, 0.4) is 0 Å². The minimum absolute atomic E-state index is 0.0618. The van der Waals surface area contributed by atoms with Crippen LogP contribution in [0.4, 0.5) is 10.1 Å². The molecule has 33 heavy (non-hydrogen) atoms. The van der Waals surface area contributed by atoms with Gasteiger partial charge in [0.15, 0.2) is 8.32 Å². The second-order valence-electron chi connectivity index (χ2n) is 10.7. The number of nitrogens with zero attached hydrogens (tertiary/aromatic N) is 2. The number of likely N-dealkylation sites (tertiary alicyclic amines) is 1. The number of carbonyl (C=O) groups is 1. The number of hydrogen-bond donors (Lipinski definition) is 1. The molecule has 6 nitrogen and oxygen atoms in total. The molecule has 0 radical (unpaired) electrons. The summed E-state index contributed by atoms with van der Waals surface area (Å²) < 4.78 is 25.6. The van der Waals surface area contributed by atoms with Gasteiger partial charge in [0.2, 0.25) is 5.88 Å². The molecule has 0 saturated carbocycles. The van der Waals surface area contributed by atoms with Gasteiger partial charge in [-0.15, -0.1) is 0 Å². The van der Waals surface area contributed by atoms with Crippen molar-refractivity contribution in [2.75, 3.05) is 25.0 Å². The van der Waals surface area contributed by atoms with E-state index in [2.05, 4.69) is 44.2 Å². The number of hydrogen-bond acceptors (Lipinski definition) is 5. The van der Waals surface area contributed by atoms with Crippen molar-refractivity contribution in [2.45, 2.75) is 64.4 Å². The number of benzene rings is 1. The molecule has 1 fully saturated rings. The summed E-state index contributed by atoms with van der Waals surface area (Å²) in [5.41, 5.74) is 2.88. The molecule has 1 saturated heterocycles. The van der Waals surface area contributed by atoms with E-state index in [1.165, 1.54) is 12.1 Å². The Hall–Kier alpha value is -2.45. The standard InChI is InChI=1S/C25H34FN3O3Si/c1-16-15-31-23-21(27-16)12-18(11-17-7-9-19(26)10-8-17)22(28-23)24(30)29-13-20(14-29)32-33(5,6)25(2,3)4/h7-10,12,16,20,27H,11,13-15H2,1-6H3. The molecule has 0 bridgehead atoms. The molecule has 1 atom stereocenters. The molecule has 2 aliphatic heterocycles. The van der Waals surface area contributed by atoms with Crippen LogP contribution in [-0.2, 0) is 10.8 Å². The molecule has 0 aliphatic carbocycles. The van der Waals surface area contributed by atoms with Crippen molar-refractivity contribution >= 4 is 19.9 Å². The van der Waals surface area contributed by atoms with Crippen molar-refractivity contribution in [1.29, 1.82) is 0 Å². The minimum atomic E-state index is -1.89. The first-order valence-electron chi connectivity index (χ1n) is 11.6. The summed E-state index contributed by atoms with van der Waals surface area (Å²) in [5, 5.41) is 3.50. The highest BCUT2D eigenvalue weighted by Crippen LogP contribution is 2.38. The largest absolute Gasteiger partial charge is 0.474 e. The van der Waals surface area contributed by atoms with E-state index in [-0.39, 0.29) is 28.9 Å². The van der Waals surface area contributed by atoms with Gasteiger partial charge in [-0.2, -0.15) is 0 Å². The van der Waals surface area contributed by atoms with E-state index < -0.39 is 8.32 Å². The normalized spacial score (nSPS) is 18.8. The molecule has 8 heteroatoms. The lowest BCUT2D eigenvalue weighted by molar-refractivity contribution is 0.0113. The van der Waals surface area contributed by atoms with E-state index in [4.69, 9.17) is 9.16 Å². The maximum Gasteiger partial charge on any atom is 0.273 e. The number of amides is 1. The molecule has 1 N–H and O–H groups in total. The number of ether oxygens (including phenoxy) is 1. The maximum atomic E-state index is 13.4. The summed E-state index contributed by atoms with van der Waals surface area (Å²) in [6, 6.07) is 8.44. The molecule has 2 aliphatic rings. The van der Waals surface area contributed by atoms with Crippen LogP contribution in [0.1, 0.15) is 49.3 Å². The van der Waals surface area contributed by atoms with Gasteiger partial charge in [-0.1, -0.05) is 32.9 Å². The summed E-state index contributed by atoms with van der Waals surface area (Å²) in [4.78, 5) is 19.8. The monoisotopic (exact) mass is 471 g/mol. The van der Waals surface area contributed by atoms with Gasteiger partial charge >= 0.3 is 0 Å². The van der Waals surface area contributed by atoms with Crippen molar-refractivity contribution < 1.29 is 18.3 Å². The van der Waals surface area contributed by atoms with Crippen molar-refractivity contribution in [3.05, 3.63) is 53.0 Å². The van der Waals surface area contributed by atoms with Crippen LogP contribution in [0, 0.1) is 5.82 Å². The van der Waals surface area contributed by atoms with E-state index in [9.17, 15) is 9.18 Å². The Labute approximate surface area is 196 Å². The fourth-order valence-corrected chi connectivity index (χ4v) is 5.16. The van der Waals surface area contributed by atoms with Crippen LogP contribution in [0.5, 0.6) is 5.88 Å². The van der Waals surface area contributed by atoms with Gasteiger partial charge in [0.1, 0.15) is 18.1 Å². The highest BCUT2D eigenvalue weighted by atomic mass is 28.4. The van der Waals surface area contributed by atoms with Crippen molar-refractivity contribution in [1.82, 2.24) is 9.88 Å². The quantitative estimate of drug-likeness (QED) is 0.632. The Morgan fingerprint density at radius 2 is 1.94 bits per heavy atom. The van der Waals surface area contributed by atoms with Crippen molar-refractivity contribution in [2.24, 2.45) is 0 Å². The van der Waals surface area contributed by atoms with Crippen LogP contribution in [0.15, 0.2) is 30.3 Å². The van der Waals surface area contributed by atoms with E-state index in [1.54, 1.807) is 17.0 Å². The molecular weight excluding hydrogens is 437 g/mol. The average Bonchev–Trinajstić information content (AvgIpc) is 2.70. The maximum absolute atomic E-state index is 13.4. The van der Waals surface area contributed by atoms with E-state index in [1.807, 2.05) is 13.0 Å². The number of pyridine rings is 1. The zero-order valence-electron chi connectivity index (χ0n) is 20.4. The smallest absolute Gasteiger partial charge is 0.273 e. The van der Waals surface area contributed by atoms with Gasteiger partial charge < -0.3 is 19.4 Å². The zero-order chi connectivity index (χ0) is 24.0. The molecule has 1 aromatic heterocycles. The van der Waals surface area contributed by atoms with E-state index in [0.29, 0.717) is 37.7 Å². The van der Waals surface area contributed by atoms with Crippen LogP contribution >= 0.6 is 0 Å². The van der Waals surface area contributed by atoms with Crippen molar-refractivity contribution in [3.8, 4) is 5.88 Å². The highest BCUT2D eigenvalue weighted by Gasteiger charge is 2.43. The molecule has 4 rings (SSSR count). The van der Waals surface area contributed by atoms with Crippen molar-refractivity contribution in [3.63, 3.8) is 0 Å². The topological polar surface area (TPSA) is 63.7 Å². The predicted molar refractivity (Wildman–Crippen MR) is 130 cm³/mol. The van der Waals surface area contributed by atoms with E-state index >= 15 is 0 Å². The van der Waals surface area contributed by atoms with Gasteiger partial charge in [0.25, 0.3) is 5.91 Å². The van der Waals surface area contributed by atoms with E-state index in [0.717, 1.165) is 16.8 Å². The Bertz CT molecular complexity index is 1030. The molecule has 178 valence electrons. The molecule has 3 heterocycles. The molecule has 1 aromatic carbocycles. The van der Waals surface area contributed by atoms with Crippen LogP contribution in [-0.4, -0.2) is 56.0 Å². The molecule has 1 unspecified atom stereocenters. The predicted octanol–water partition coefficient (Wildman–Crippen LogP) is 4.85. The average molecular weight is 472 g/mol. The van der Waals surface area contributed by atoms with Gasteiger partial charge in [0.05, 0.1) is 17.8 Å². The third-order valence-electron chi connectivity index (χ3n) is 6.85. The number of halogens is 1. The summed E-state index contributed by atoms with van der Waals surface area (Å²) in [6.45, 7) is 14.8. The number of carbonyl (C=O) groups excluding carboxylic acids is 1. The SMILES string of the molecule is CC1COc2nc(C(=O)N3CC(O[Si](C)(C)C(C)(C)C)C3)c(Cc3ccc(F)cc3)cc2N1. The number of nitrogens with one attached hydrogen (secondary N) is 1. The molecular formula is C25H34FN3O3Si. The lowest BCUT2D eigenvalue weighted by atomic mass is 10.0. The third kappa shape index (κ3) is 5.06. The van der Waals surface area contributed by atoms with Crippen LogP contribution < -0.4 is 10.1 Å². The number of fused-ring (bicyclic) bond motifs is 1. The summed E-state index contributed by atoms with van der Waals surface area (Å²) in [7, 11) is -1.89. The molecule has 1 amide bonds. The van der Waals surface area contributed by atoms with Gasteiger partial charge in [-0.05, 0) is 60.8 Å². The van der Waals surface area contributed by atoms with Gasteiger partial charge in [-0.25, -0.2) is 9.37 Å². The molecule has 0 spiro atoms. The molecule has 2 aromatic rings. The highest BCUT2D eigenvalue weighted by molar-refractivity contribution is 6.74. The third-order valence-corrected chi connectivity index (χ3v) is 11.4. The summed E-state index contributed by atoms with van der Waals surface area (Å²) >= 11 is 0. The fraction of sp³-hybridized carbons (Fsp3) is 0.520. The van der Waals surface area contributed by atoms with Crippen LogP contribution in [0.25, 0.3) is 0 Å². The second-order valence-corrected chi connectivity index (χ2v) is 15.5. The second kappa shape index (κ2) is 8.72. The Morgan fingerprint density at radius 3 is 2.58 bits per heavy atom. The first-order chi connectivity index (χ1) is 15.4. The summed E-state index contributed by atoms with van der Waals surface area (Å²) in [6.07, 6.45) is 0.543. The van der Waals surface area contributed by atoms with Crippen LogP contribution in [0.2, 0.25) is 18.1 Å². The number of rotatable bonds is 5. The lowest BCUT2D eigenvalue weighted by Crippen LogP contribution is -2.59. The lowest BCUT2D eigenvalue weighted by Gasteiger charge is -2.46. The first-order valence-corrected chi connectivity index (χ1v) is 14.5. The Morgan fingerprint density at radius 1 is 1.27 bits per heavy atom. The first kappa shape index (κ1) is 23.7. The number of aromatic nitrogens is 1. The minimum Gasteiger partial charge on any atom is -0.474 e. The number of anilines is 1. The summed E-state index contributed by atoms with van der Waals surface area (Å²) in [5.74, 6) is 0.0528. The Kier molecular flexibility index (Phi) is 6.26. The van der Waals surface area contributed by atoms with Gasteiger partial charge in [-0.3, -0.25) is 4.79 Å².